The molecule has 1 rings (SSSR count). The molecule has 4 heteroatoms. The second-order valence-corrected chi connectivity index (χ2v) is 2.12. The third-order valence-electron chi connectivity index (χ3n) is 1.24. The summed E-state index contributed by atoms with van der Waals surface area (Å²) < 4.78 is 0. The van der Waals surface area contributed by atoms with E-state index in [9.17, 15) is 9.59 Å². The molecule has 1 heterocycles. The Morgan fingerprint density at radius 1 is 1.42 bits per heavy atom. The largest absolute Gasteiger partial charge is 0.478 e. The Bertz CT molecular complexity index is 311. The molecule has 12 heavy (non-hydrogen) atoms. The number of carboxylic acid groups (broad SMARTS) is 1. The molecular formula is C8H7NO3. The second kappa shape index (κ2) is 3.52. The fraction of sp³-hybridized carbons (Fsp3) is 0. The zero-order chi connectivity index (χ0) is 8.97. The highest BCUT2D eigenvalue weighted by Gasteiger charge is 2.00. The van der Waals surface area contributed by atoms with E-state index in [4.69, 9.17) is 5.11 Å². The van der Waals surface area contributed by atoms with Crippen LogP contribution in [-0.4, -0.2) is 21.8 Å². The molecule has 0 aromatic carbocycles. The lowest BCUT2D eigenvalue weighted by molar-refractivity contribution is -0.131. The summed E-state index contributed by atoms with van der Waals surface area (Å²) in [7, 11) is 0. The van der Waals surface area contributed by atoms with Crippen molar-refractivity contribution in [3.63, 3.8) is 0 Å². The Hall–Kier alpha value is -1.84. The molecule has 0 saturated heterocycles. The Morgan fingerprint density at radius 3 is 2.67 bits per heavy atom. The highest BCUT2D eigenvalue weighted by molar-refractivity contribution is 6.05. The molecule has 0 saturated carbocycles. The van der Waals surface area contributed by atoms with Gasteiger partial charge in [0.15, 0.2) is 0 Å². The molecule has 0 unspecified atom stereocenters. The summed E-state index contributed by atoms with van der Waals surface area (Å²) in [6, 6.07) is 3.25. The number of nitrogens with one attached hydrogen (secondary N) is 1. The van der Waals surface area contributed by atoms with Gasteiger partial charge in [-0.2, -0.15) is 0 Å². The average Bonchev–Trinajstić information content (AvgIpc) is 2.51. The molecule has 0 fully saturated rings. The molecule has 4 nitrogen and oxygen atoms in total. The summed E-state index contributed by atoms with van der Waals surface area (Å²) in [5.74, 6) is -1.47. The van der Waals surface area contributed by atoms with Crippen molar-refractivity contribution < 1.29 is 14.7 Å². The number of hydrogen-bond acceptors (Lipinski definition) is 2. The molecular weight excluding hydrogens is 158 g/mol. The summed E-state index contributed by atoms with van der Waals surface area (Å²) in [6.45, 7) is 0. The lowest BCUT2D eigenvalue weighted by Gasteiger charge is -1.86. The summed E-state index contributed by atoms with van der Waals surface area (Å²) in [5.41, 5.74) is 0.382. The predicted octanol–water partition coefficient (Wildman–Crippen LogP) is 0.838. The molecule has 2 N–H and O–H groups in total. The third kappa shape index (κ3) is 2.09. The highest BCUT2D eigenvalue weighted by Crippen LogP contribution is 1.96. The first-order valence-electron chi connectivity index (χ1n) is 3.29. The summed E-state index contributed by atoms with van der Waals surface area (Å²) >= 11 is 0. The molecule has 0 aliphatic carbocycles. The van der Waals surface area contributed by atoms with Gasteiger partial charge in [-0.25, -0.2) is 4.79 Å². The number of carbonyl (C=O) groups excluding carboxylic acids is 1. The van der Waals surface area contributed by atoms with Gasteiger partial charge in [-0.05, 0) is 18.2 Å². The van der Waals surface area contributed by atoms with Crippen LogP contribution in [0, 0.1) is 0 Å². The van der Waals surface area contributed by atoms with Gasteiger partial charge in [-0.1, -0.05) is 0 Å². The quantitative estimate of drug-likeness (QED) is 0.515. The van der Waals surface area contributed by atoms with Crippen molar-refractivity contribution in [2.45, 2.75) is 0 Å². The van der Waals surface area contributed by atoms with Crippen LogP contribution in [0.25, 0.3) is 0 Å². The van der Waals surface area contributed by atoms with Crippen molar-refractivity contribution in [1.29, 1.82) is 0 Å². The maximum atomic E-state index is 11.0. The van der Waals surface area contributed by atoms with Gasteiger partial charge in [0.1, 0.15) is 0 Å². The van der Waals surface area contributed by atoms with Crippen molar-refractivity contribution in [2.75, 3.05) is 0 Å². The Morgan fingerprint density at radius 2 is 2.17 bits per heavy atom. The van der Waals surface area contributed by atoms with Gasteiger partial charge in [0.05, 0.1) is 5.69 Å². The number of rotatable bonds is 3. The minimum Gasteiger partial charge on any atom is -0.478 e. The molecule has 0 aliphatic rings. The van der Waals surface area contributed by atoms with Crippen molar-refractivity contribution >= 4 is 11.8 Å². The van der Waals surface area contributed by atoms with E-state index >= 15 is 0 Å². The lowest BCUT2D eigenvalue weighted by Crippen LogP contribution is -1.96. The van der Waals surface area contributed by atoms with Crippen molar-refractivity contribution in [2.24, 2.45) is 0 Å². The van der Waals surface area contributed by atoms with Gasteiger partial charge >= 0.3 is 5.97 Å². The monoisotopic (exact) mass is 165 g/mol. The van der Waals surface area contributed by atoms with E-state index in [1.165, 1.54) is 0 Å². The second-order valence-electron chi connectivity index (χ2n) is 2.12. The van der Waals surface area contributed by atoms with Crippen molar-refractivity contribution in [3.05, 3.63) is 36.2 Å². The Balaban J connectivity index is 2.68. The fourth-order valence-corrected chi connectivity index (χ4v) is 0.720. The molecule has 1 aromatic heterocycles. The van der Waals surface area contributed by atoms with Crippen LogP contribution in [0.5, 0.6) is 0 Å². The van der Waals surface area contributed by atoms with Gasteiger partial charge in [0.2, 0.25) is 5.78 Å². The van der Waals surface area contributed by atoms with Crippen LogP contribution in [0.2, 0.25) is 0 Å². The molecule has 1 aromatic rings. The first-order valence-corrected chi connectivity index (χ1v) is 3.29. The average molecular weight is 165 g/mol. The minimum atomic E-state index is -1.13. The summed E-state index contributed by atoms with van der Waals surface area (Å²) in [5, 5.41) is 8.21. The van der Waals surface area contributed by atoms with Crippen LogP contribution in [0.15, 0.2) is 30.5 Å². The molecule has 0 aliphatic heterocycles. The molecule has 0 bridgehead atoms. The topological polar surface area (TPSA) is 70.2 Å². The van der Waals surface area contributed by atoms with Crippen molar-refractivity contribution in [1.82, 2.24) is 4.98 Å². The van der Waals surface area contributed by atoms with Crippen LogP contribution in [-0.2, 0) is 4.79 Å². The van der Waals surface area contributed by atoms with Crippen LogP contribution in [0.3, 0.4) is 0 Å². The van der Waals surface area contributed by atoms with Crippen LogP contribution < -0.4 is 0 Å². The van der Waals surface area contributed by atoms with Gasteiger partial charge < -0.3 is 10.1 Å². The molecule has 0 radical (unpaired) electrons. The van der Waals surface area contributed by atoms with E-state index in [1.54, 1.807) is 18.3 Å². The zero-order valence-corrected chi connectivity index (χ0v) is 6.15. The number of aromatic amines is 1. The zero-order valence-electron chi connectivity index (χ0n) is 6.15. The molecule has 62 valence electrons. The molecule has 0 amide bonds. The fourth-order valence-electron chi connectivity index (χ4n) is 0.720. The number of aromatic nitrogens is 1. The van der Waals surface area contributed by atoms with E-state index in [0.717, 1.165) is 12.2 Å². The van der Waals surface area contributed by atoms with E-state index < -0.39 is 5.97 Å². The van der Waals surface area contributed by atoms with E-state index in [0.29, 0.717) is 5.69 Å². The van der Waals surface area contributed by atoms with Gasteiger partial charge in [0, 0.05) is 12.3 Å². The van der Waals surface area contributed by atoms with Crippen LogP contribution in [0.4, 0.5) is 0 Å². The standard InChI is InChI=1S/C8H7NO3/c10-7(3-4-8(11)12)6-2-1-5-9-6/h1-5,9H,(H,11,12). The smallest absolute Gasteiger partial charge is 0.328 e. The Kier molecular flexibility index (Phi) is 2.42. The van der Waals surface area contributed by atoms with Gasteiger partial charge in [-0.15, -0.1) is 0 Å². The maximum absolute atomic E-state index is 11.0. The van der Waals surface area contributed by atoms with Crippen LogP contribution >= 0.6 is 0 Å². The van der Waals surface area contributed by atoms with E-state index in [-0.39, 0.29) is 5.78 Å². The summed E-state index contributed by atoms with van der Waals surface area (Å²) in [4.78, 5) is 23.7. The number of H-pyrrole nitrogens is 1. The van der Waals surface area contributed by atoms with E-state index in [2.05, 4.69) is 4.98 Å². The highest BCUT2D eigenvalue weighted by atomic mass is 16.4. The third-order valence-corrected chi connectivity index (χ3v) is 1.24. The van der Waals surface area contributed by atoms with Gasteiger partial charge in [0.25, 0.3) is 0 Å². The predicted molar refractivity (Wildman–Crippen MR) is 41.9 cm³/mol. The van der Waals surface area contributed by atoms with Crippen LogP contribution in [0.1, 0.15) is 10.5 Å². The summed E-state index contributed by atoms with van der Waals surface area (Å²) in [6.07, 6.45) is 3.42. The first kappa shape index (κ1) is 8.26. The lowest BCUT2D eigenvalue weighted by atomic mass is 10.3. The number of carbonyl (C=O) groups is 2. The van der Waals surface area contributed by atoms with Crippen molar-refractivity contribution in [3.8, 4) is 0 Å². The number of aliphatic carboxylic acids is 1. The number of ketones is 1. The van der Waals surface area contributed by atoms with E-state index in [1.807, 2.05) is 0 Å². The Labute approximate surface area is 68.5 Å². The first-order chi connectivity index (χ1) is 5.70. The molecule has 0 spiro atoms. The normalized spacial score (nSPS) is 10.3. The number of carboxylic acids is 1. The van der Waals surface area contributed by atoms with Gasteiger partial charge in [-0.3, -0.25) is 4.79 Å². The SMILES string of the molecule is O=C(O)C=CC(=O)c1ccc[nH]1. The number of hydrogen-bond donors (Lipinski definition) is 2. The number of allylic oxidation sites excluding steroid dienone is 1. The molecule has 0 atom stereocenters. The maximum Gasteiger partial charge on any atom is 0.328 e. The minimum absolute atomic E-state index is 0.345.